The van der Waals surface area contributed by atoms with Crippen LogP contribution in [0.15, 0.2) is 0 Å². The van der Waals surface area contributed by atoms with Crippen molar-refractivity contribution in [1.82, 2.24) is 5.32 Å². The van der Waals surface area contributed by atoms with Gasteiger partial charge in [0.25, 0.3) is 0 Å². The molecule has 80 valence electrons. The molecule has 1 atom stereocenters. The number of thioether (sulfide) groups is 1. The summed E-state index contributed by atoms with van der Waals surface area (Å²) in [4.78, 5) is 11.5. The number of nitrogens with two attached hydrogens (primary N) is 1. The van der Waals surface area contributed by atoms with Gasteiger partial charge in [-0.25, -0.2) is 0 Å². The Hall–Kier alpha value is -0.220. The van der Waals surface area contributed by atoms with Crippen molar-refractivity contribution in [2.24, 2.45) is 5.73 Å². The van der Waals surface area contributed by atoms with Crippen LogP contribution in [-0.2, 0) is 4.79 Å². The van der Waals surface area contributed by atoms with Crippen molar-refractivity contribution in [3.8, 4) is 0 Å². The Morgan fingerprint density at radius 3 is 2.50 bits per heavy atom. The summed E-state index contributed by atoms with van der Waals surface area (Å²) in [6.07, 6.45) is 6.24. The zero-order valence-electron chi connectivity index (χ0n) is 8.64. The zero-order chi connectivity index (χ0) is 10.2. The number of amides is 1. The predicted octanol–water partition coefficient (Wildman–Crippen LogP) is 1.23. The molecule has 1 spiro atoms. The van der Waals surface area contributed by atoms with Crippen molar-refractivity contribution in [1.29, 1.82) is 0 Å². The number of rotatable bonds is 1. The Kier molecular flexibility index (Phi) is 2.52. The van der Waals surface area contributed by atoms with Crippen LogP contribution in [0.1, 0.15) is 39.0 Å². The monoisotopic (exact) mass is 214 g/mol. The van der Waals surface area contributed by atoms with Crippen LogP contribution in [-0.4, -0.2) is 22.1 Å². The number of hydrogen-bond acceptors (Lipinski definition) is 3. The Bertz CT molecular complexity index is 251. The van der Waals surface area contributed by atoms with Crippen LogP contribution in [0.4, 0.5) is 0 Å². The molecule has 4 heteroatoms. The lowest BCUT2D eigenvalue weighted by Gasteiger charge is -2.35. The van der Waals surface area contributed by atoms with Gasteiger partial charge in [-0.1, -0.05) is 19.3 Å². The third kappa shape index (κ3) is 1.65. The molecule has 1 aliphatic carbocycles. The molecule has 0 aromatic heterocycles. The Labute approximate surface area is 89.2 Å². The molecule has 0 aromatic rings. The van der Waals surface area contributed by atoms with Gasteiger partial charge in [-0.2, -0.15) is 0 Å². The largest absolute Gasteiger partial charge is 0.368 e. The lowest BCUT2D eigenvalue weighted by molar-refractivity contribution is -0.123. The van der Waals surface area contributed by atoms with E-state index in [1.54, 1.807) is 0 Å². The van der Waals surface area contributed by atoms with Gasteiger partial charge in [0.1, 0.15) is 5.54 Å². The summed E-state index contributed by atoms with van der Waals surface area (Å²) in [7, 11) is 0. The molecule has 0 aromatic carbocycles. The molecular formula is C10H18N2OS. The van der Waals surface area contributed by atoms with Gasteiger partial charge < -0.3 is 5.73 Å². The summed E-state index contributed by atoms with van der Waals surface area (Å²) >= 11 is 1.89. The lowest BCUT2D eigenvalue weighted by atomic mass is 9.92. The van der Waals surface area contributed by atoms with E-state index in [4.69, 9.17) is 5.73 Å². The number of carbonyl (C=O) groups is 1. The highest BCUT2D eigenvalue weighted by Gasteiger charge is 2.48. The van der Waals surface area contributed by atoms with Crippen molar-refractivity contribution >= 4 is 17.7 Å². The first-order chi connectivity index (χ1) is 6.56. The zero-order valence-corrected chi connectivity index (χ0v) is 9.45. The van der Waals surface area contributed by atoms with Crippen molar-refractivity contribution in [3.63, 3.8) is 0 Å². The van der Waals surface area contributed by atoms with E-state index in [1.165, 1.54) is 32.1 Å². The predicted molar refractivity (Wildman–Crippen MR) is 59.0 cm³/mol. The molecule has 1 saturated heterocycles. The standard InChI is InChI=1S/C10H18N2OS/c1-9(8(11)13)7-14-10(12-9)5-3-2-4-6-10/h12H,2-7H2,1H3,(H2,11,13)/t9-/m0/s1. The second-order valence-electron chi connectivity index (χ2n) is 4.66. The quantitative estimate of drug-likeness (QED) is 0.690. The number of primary amides is 1. The average molecular weight is 214 g/mol. The van der Waals surface area contributed by atoms with Gasteiger partial charge in [0, 0.05) is 5.75 Å². The lowest BCUT2D eigenvalue weighted by Crippen LogP contribution is -2.56. The second-order valence-corrected chi connectivity index (χ2v) is 6.02. The molecule has 2 rings (SSSR count). The first-order valence-electron chi connectivity index (χ1n) is 5.30. The first kappa shape index (κ1) is 10.3. The van der Waals surface area contributed by atoms with Gasteiger partial charge in [0.05, 0.1) is 4.87 Å². The highest BCUT2D eigenvalue weighted by molar-refractivity contribution is 8.01. The second kappa shape index (κ2) is 3.42. The maximum Gasteiger partial charge on any atom is 0.238 e. The third-order valence-corrected chi connectivity index (χ3v) is 5.13. The molecule has 3 N–H and O–H groups in total. The molecule has 2 aliphatic rings. The van der Waals surface area contributed by atoms with E-state index >= 15 is 0 Å². The van der Waals surface area contributed by atoms with E-state index in [1.807, 2.05) is 18.7 Å². The highest BCUT2D eigenvalue weighted by Crippen LogP contribution is 2.44. The molecule has 1 amide bonds. The summed E-state index contributed by atoms with van der Waals surface area (Å²) in [5.74, 6) is 0.606. The average Bonchev–Trinajstić information content (AvgIpc) is 2.47. The molecular weight excluding hydrogens is 196 g/mol. The van der Waals surface area contributed by atoms with Crippen molar-refractivity contribution in [3.05, 3.63) is 0 Å². The normalized spacial score (nSPS) is 36.1. The number of hydrogen-bond donors (Lipinski definition) is 2. The third-order valence-electron chi connectivity index (χ3n) is 3.35. The van der Waals surface area contributed by atoms with Crippen molar-refractivity contribution < 1.29 is 4.79 Å². The number of carbonyl (C=O) groups excluding carboxylic acids is 1. The van der Waals surface area contributed by atoms with E-state index in [0.717, 1.165) is 5.75 Å². The van der Waals surface area contributed by atoms with E-state index in [-0.39, 0.29) is 10.8 Å². The number of nitrogens with one attached hydrogen (secondary N) is 1. The molecule has 1 saturated carbocycles. The van der Waals surface area contributed by atoms with Crippen LogP contribution >= 0.6 is 11.8 Å². The van der Waals surface area contributed by atoms with Gasteiger partial charge in [0.2, 0.25) is 5.91 Å². The molecule has 1 aliphatic heterocycles. The van der Waals surface area contributed by atoms with Gasteiger partial charge in [-0.05, 0) is 19.8 Å². The van der Waals surface area contributed by atoms with Gasteiger partial charge >= 0.3 is 0 Å². The molecule has 1 heterocycles. The molecule has 0 radical (unpaired) electrons. The van der Waals surface area contributed by atoms with E-state index in [2.05, 4.69) is 5.32 Å². The highest BCUT2D eigenvalue weighted by atomic mass is 32.2. The SMILES string of the molecule is C[C@@]1(C(N)=O)CSC2(CCCCC2)N1. The molecule has 0 unspecified atom stereocenters. The minimum absolute atomic E-state index is 0.155. The Morgan fingerprint density at radius 2 is 2.00 bits per heavy atom. The van der Waals surface area contributed by atoms with Crippen LogP contribution in [0.25, 0.3) is 0 Å². The van der Waals surface area contributed by atoms with E-state index < -0.39 is 5.54 Å². The van der Waals surface area contributed by atoms with Gasteiger partial charge in [-0.15, -0.1) is 11.8 Å². The van der Waals surface area contributed by atoms with Crippen LogP contribution in [0, 0.1) is 0 Å². The minimum Gasteiger partial charge on any atom is -0.368 e. The van der Waals surface area contributed by atoms with Crippen LogP contribution in [0.3, 0.4) is 0 Å². The fraction of sp³-hybridized carbons (Fsp3) is 0.900. The maximum absolute atomic E-state index is 11.3. The van der Waals surface area contributed by atoms with Gasteiger partial charge in [0.15, 0.2) is 0 Å². The fourth-order valence-corrected chi connectivity index (χ4v) is 4.04. The first-order valence-corrected chi connectivity index (χ1v) is 6.28. The summed E-state index contributed by atoms with van der Waals surface area (Å²) < 4.78 is 0. The van der Waals surface area contributed by atoms with E-state index in [9.17, 15) is 4.79 Å². The summed E-state index contributed by atoms with van der Waals surface area (Å²) in [6.45, 7) is 1.92. The maximum atomic E-state index is 11.3. The Balaban J connectivity index is 2.09. The fourth-order valence-electron chi connectivity index (χ4n) is 2.38. The summed E-state index contributed by atoms with van der Waals surface area (Å²) in [5.41, 5.74) is 4.92. The van der Waals surface area contributed by atoms with Crippen LogP contribution in [0.2, 0.25) is 0 Å². The summed E-state index contributed by atoms with van der Waals surface area (Å²) in [6, 6.07) is 0. The van der Waals surface area contributed by atoms with Crippen molar-refractivity contribution in [2.75, 3.05) is 5.75 Å². The smallest absolute Gasteiger partial charge is 0.238 e. The van der Waals surface area contributed by atoms with Gasteiger partial charge in [-0.3, -0.25) is 10.1 Å². The molecule has 3 nitrogen and oxygen atoms in total. The topological polar surface area (TPSA) is 55.1 Å². The minimum atomic E-state index is -0.484. The molecule has 14 heavy (non-hydrogen) atoms. The Morgan fingerprint density at radius 1 is 1.36 bits per heavy atom. The van der Waals surface area contributed by atoms with E-state index in [0.29, 0.717) is 0 Å². The van der Waals surface area contributed by atoms with Crippen molar-refractivity contribution in [2.45, 2.75) is 49.4 Å². The molecule has 2 fully saturated rings. The van der Waals surface area contributed by atoms with Crippen LogP contribution < -0.4 is 11.1 Å². The molecule has 0 bridgehead atoms. The van der Waals surface area contributed by atoms with Crippen LogP contribution in [0.5, 0.6) is 0 Å². The summed E-state index contributed by atoms with van der Waals surface area (Å²) in [5, 5.41) is 3.47.